The van der Waals surface area contributed by atoms with Gasteiger partial charge in [-0.15, -0.1) is 0 Å². The average Bonchev–Trinajstić information content (AvgIpc) is 2.76. The number of amides is 2. The van der Waals surface area contributed by atoms with Crippen LogP contribution in [0, 0.1) is 0 Å². The number of carboxylic acids is 1. The first-order valence-electron chi connectivity index (χ1n) is 9.87. The Hall–Kier alpha value is -4.07. The Morgan fingerprint density at radius 1 is 1.16 bits per heavy atom. The maximum absolute atomic E-state index is 12.5. The SMILES string of the molecule is C=C/C(C)=C(\C=C)Cc1ccc([C@H](CC(=O)O)NC(=O)Nc2c(O)ccn(C)c2=O)cc1. The Balaban J connectivity index is 2.21. The topological polar surface area (TPSA) is 121 Å². The molecule has 2 rings (SSSR count). The molecule has 168 valence electrons. The predicted octanol–water partition coefficient (Wildman–Crippen LogP) is 3.66. The number of carboxylic acid groups (broad SMARTS) is 1. The number of hydrogen-bond donors (Lipinski definition) is 4. The van der Waals surface area contributed by atoms with Crippen molar-refractivity contribution in [2.24, 2.45) is 7.05 Å². The van der Waals surface area contributed by atoms with E-state index in [1.807, 2.05) is 19.1 Å². The maximum Gasteiger partial charge on any atom is 0.319 e. The highest BCUT2D eigenvalue weighted by Crippen LogP contribution is 2.21. The monoisotopic (exact) mass is 437 g/mol. The van der Waals surface area contributed by atoms with Crippen molar-refractivity contribution in [1.29, 1.82) is 0 Å². The maximum atomic E-state index is 12.5. The molecule has 2 amide bonds. The van der Waals surface area contributed by atoms with Gasteiger partial charge in [0.05, 0.1) is 12.5 Å². The number of hydrogen-bond acceptors (Lipinski definition) is 4. The number of carbonyl (C=O) groups is 2. The van der Waals surface area contributed by atoms with Gasteiger partial charge in [-0.05, 0) is 41.7 Å². The van der Waals surface area contributed by atoms with Crippen LogP contribution in [0.15, 0.2) is 77.8 Å². The molecule has 0 saturated heterocycles. The molecule has 4 N–H and O–H groups in total. The van der Waals surface area contributed by atoms with Crippen LogP contribution >= 0.6 is 0 Å². The van der Waals surface area contributed by atoms with Crippen LogP contribution in [0.25, 0.3) is 0 Å². The van der Waals surface area contributed by atoms with E-state index >= 15 is 0 Å². The normalized spacial score (nSPS) is 12.3. The molecular weight excluding hydrogens is 410 g/mol. The van der Waals surface area contributed by atoms with Crippen LogP contribution < -0.4 is 16.2 Å². The molecule has 0 fully saturated rings. The molecule has 1 aromatic carbocycles. The molecule has 0 unspecified atom stereocenters. The standard InChI is InChI=1S/C24H27N3O5/c1-5-15(3)17(6-2)13-16-7-9-18(10-8-16)19(14-21(29)30)25-24(32)26-22-20(28)11-12-27(4)23(22)31/h5-12,19,28H,1-2,13-14H2,3-4H3,(H,29,30)(H2,25,26,32)/b17-15+/t19-/m0/s1. The van der Waals surface area contributed by atoms with Crippen LogP contribution in [0.1, 0.15) is 30.5 Å². The number of nitrogens with zero attached hydrogens (tertiary/aromatic N) is 1. The van der Waals surface area contributed by atoms with Gasteiger partial charge in [0.2, 0.25) is 0 Å². The van der Waals surface area contributed by atoms with Crippen molar-refractivity contribution in [3.63, 3.8) is 0 Å². The molecule has 0 aliphatic rings. The summed E-state index contributed by atoms with van der Waals surface area (Å²) in [5.41, 5.74) is 2.72. The van der Waals surface area contributed by atoms with Crippen molar-refractivity contribution >= 4 is 17.7 Å². The van der Waals surface area contributed by atoms with E-state index in [0.717, 1.165) is 16.7 Å². The van der Waals surface area contributed by atoms with Crippen LogP contribution in [0.4, 0.5) is 10.5 Å². The molecule has 0 radical (unpaired) electrons. The Kier molecular flexibility index (Phi) is 8.17. The van der Waals surface area contributed by atoms with Crippen LogP contribution in [-0.4, -0.2) is 26.8 Å². The molecular formula is C24H27N3O5. The van der Waals surface area contributed by atoms with E-state index in [-0.39, 0.29) is 17.9 Å². The summed E-state index contributed by atoms with van der Waals surface area (Å²) in [7, 11) is 1.48. The molecule has 32 heavy (non-hydrogen) atoms. The number of aromatic nitrogens is 1. The van der Waals surface area contributed by atoms with Crippen LogP contribution in [0.3, 0.4) is 0 Å². The number of benzene rings is 1. The van der Waals surface area contributed by atoms with Crippen molar-refractivity contribution in [1.82, 2.24) is 9.88 Å². The van der Waals surface area contributed by atoms with Crippen molar-refractivity contribution in [2.45, 2.75) is 25.8 Å². The van der Waals surface area contributed by atoms with E-state index < -0.39 is 23.6 Å². The number of nitrogens with one attached hydrogen (secondary N) is 2. The van der Waals surface area contributed by atoms with Crippen LogP contribution in [0.5, 0.6) is 5.75 Å². The van der Waals surface area contributed by atoms with Gasteiger partial charge in [-0.2, -0.15) is 0 Å². The summed E-state index contributed by atoms with van der Waals surface area (Å²) in [4.78, 5) is 35.9. The van der Waals surface area contributed by atoms with E-state index in [1.165, 1.54) is 23.9 Å². The summed E-state index contributed by atoms with van der Waals surface area (Å²) in [6, 6.07) is 6.80. The van der Waals surface area contributed by atoms with E-state index in [0.29, 0.717) is 12.0 Å². The number of urea groups is 1. The first-order valence-corrected chi connectivity index (χ1v) is 9.87. The Bertz CT molecular complexity index is 1110. The minimum atomic E-state index is -1.10. The third kappa shape index (κ3) is 6.21. The second-order valence-corrected chi connectivity index (χ2v) is 7.28. The lowest BCUT2D eigenvalue weighted by molar-refractivity contribution is -0.137. The summed E-state index contributed by atoms with van der Waals surface area (Å²) in [6.45, 7) is 9.53. The number of allylic oxidation sites excluding steroid dienone is 4. The zero-order valence-corrected chi connectivity index (χ0v) is 18.1. The highest BCUT2D eigenvalue weighted by atomic mass is 16.4. The lowest BCUT2D eigenvalue weighted by Crippen LogP contribution is -2.35. The molecule has 8 heteroatoms. The van der Waals surface area contributed by atoms with Gasteiger partial charge in [0, 0.05) is 13.2 Å². The van der Waals surface area contributed by atoms with Crippen molar-refractivity contribution in [3.05, 3.63) is 94.5 Å². The number of rotatable bonds is 9. The van der Waals surface area contributed by atoms with Gasteiger partial charge in [0.25, 0.3) is 5.56 Å². The Morgan fingerprint density at radius 2 is 1.81 bits per heavy atom. The third-order valence-electron chi connectivity index (χ3n) is 5.00. The molecule has 1 heterocycles. The van der Waals surface area contributed by atoms with E-state index in [2.05, 4.69) is 23.8 Å². The summed E-state index contributed by atoms with van der Waals surface area (Å²) in [6.07, 6.45) is 5.16. The summed E-state index contributed by atoms with van der Waals surface area (Å²) in [5, 5.41) is 24.0. The zero-order chi connectivity index (χ0) is 23.8. The summed E-state index contributed by atoms with van der Waals surface area (Å²) < 4.78 is 1.20. The molecule has 0 aliphatic carbocycles. The van der Waals surface area contributed by atoms with E-state index in [4.69, 9.17) is 0 Å². The number of carbonyl (C=O) groups excluding carboxylic acids is 1. The molecule has 2 aromatic rings. The highest BCUT2D eigenvalue weighted by Gasteiger charge is 2.20. The van der Waals surface area contributed by atoms with Gasteiger partial charge in [0.1, 0.15) is 5.75 Å². The third-order valence-corrected chi connectivity index (χ3v) is 5.00. The highest BCUT2D eigenvalue weighted by molar-refractivity contribution is 5.91. The molecule has 0 aliphatic heterocycles. The minimum Gasteiger partial charge on any atom is -0.505 e. The first-order chi connectivity index (χ1) is 15.2. The van der Waals surface area contributed by atoms with Gasteiger partial charge < -0.3 is 25.4 Å². The second-order valence-electron chi connectivity index (χ2n) is 7.28. The molecule has 0 saturated carbocycles. The number of pyridine rings is 1. The van der Waals surface area contributed by atoms with Crippen LogP contribution in [-0.2, 0) is 18.3 Å². The number of aromatic hydroxyl groups is 1. The summed E-state index contributed by atoms with van der Waals surface area (Å²) >= 11 is 0. The largest absolute Gasteiger partial charge is 0.505 e. The zero-order valence-electron chi connectivity index (χ0n) is 18.1. The Labute approximate surface area is 186 Å². The average molecular weight is 437 g/mol. The van der Waals surface area contributed by atoms with Crippen molar-refractivity contribution in [2.75, 3.05) is 5.32 Å². The second kappa shape index (κ2) is 10.8. The predicted molar refractivity (Wildman–Crippen MR) is 124 cm³/mol. The lowest BCUT2D eigenvalue weighted by Gasteiger charge is -2.19. The lowest BCUT2D eigenvalue weighted by atomic mass is 9.97. The first kappa shape index (κ1) is 24.2. The Morgan fingerprint density at radius 3 is 2.38 bits per heavy atom. The van der Waals surface area contributed by atoms with E-state index in [1.54, 1.807) is 24.3 Å². The van der Waals surface area contributed by atoms with Gasteiger partial charge in [-0.3, -0.25) is 9.59 Å². The van der Waals surface area contributed by atoms with Crippen molar-refractivity contribution < 1.29 is 19.8 Å². The molecule has 8 nitrogen and oxygen atoms in total. The van der Waals surface area contributed by atoms with Crippen molar-refractivity contribution in [3.8, 4) is 5.75 Å². The fourth-order valence-corrected chi connectivity index (χ4v) is 3.06. The van der Waals surface area contributed by atoms with Gasteiger partial charge >= 0.3 is 12.0 Å². The van der Waals surface area contributed by atoms with Gasteiger partial charge in [-0.25, -0.2) is 4.79 Å². The smallest absolute Gasteiger partial charge is 0.319 e. The quantitative estimate of drug-likeness (QED) is 0.446. The fourth-order valence-electron chi connectivity index (χ4n) is 3.06. The minimum absolute atomic E-state index is 0.293. The number of aliphatic carboxylic acids is 1. The van der Waals surface area contributed by atoms with Crippen LogP contribution in [0.2, 0.25) is 0 Å². The van der Waals surface area contributed by atoms with E-state index in [9.17, 15) is 24.6 Å². The molecule has 1 atom stereocenters. The number of aryl methyl sites for hydroxylation is 1. The molecule has 0 bridgehead atoms. The molecule has 1 aromatic heterocycles. The fraction of sp³-hybridized carbons (Fsp3) is 0.208. The van der Waals surface area contributed by atoms with Gasteiger partial charge in [-0.1, -0.05) is 49.6 Å². The number of anilines is 1. The summed E-state index contributed by atoms with van der Waals surface area (Å²) in [5.74, 6) is -1.49. The molecule has 0 spiro atoms. The van der Waals surface area contributed by atoms with Gasteiger partial charge in [0.15, 0.2) is 5.69 Å².